The summed E-state index contributed by atoms with van der Waals surface area (Å²) < 4.78 is 20.0. The summed E-state index contributed by atoms with van der Waals surface area (Å²) in [6, 6.07) is 30.3. The van der Waals surface area contributed by atoms with Crippen LogP contribution in [0.15, 0.2) is 117 Å². The Hall–Kier alpha value is -4.82. The van der Waals surface area contributed by atoms with Crippen molar-refractivity contribution in [2.24, 2.45) is 17.1 Å². The molecule has 0 N–H and O–H groups in total. The molecule has 6 nitrogen and oxygen atoms in total. The van der Waals surface area contributed by atoms with Gasteiger partial charge in [0.2, 0.25) is 4.80 Å². The topological polar surface area (TPSA) is 56.6 Å². The van der Waals surface area contributed by atoms with Gasteiger partial charge in [0.1, 0.15) is 5.82 Å². The van der Waals surface area contributed by atoms with Gasteiger partial charge in [0.15, 0.2) is 5.69 Å². The Bertz CT molecular complexity index is 2030. The van der Waals surface area contributed by atoms with E-state index in [4.69, 9.17) is 10.1 Å². The molecule has 0 atom stereocenters. The summed E-state index contributed by atoms with van der Waals surface area (Å²) >= 11 is 1.31. The van der Waals surface area contributed by atoms with Crippen molar-refractivity contribution in [2.45, 2.75) is 13.8 Å². The molecule has 0 saturated carbocycles. The predicted octanol–water partition coefficient (Wildman–Crippen LogP) is 6.81. The van der Waals surface area contributed by atoms with Crippen LogP contribution in [0.25, 0.3) is 27.7 Å². The number of hydrogen-bond donors (Lipinski definition) is 0. The lowest BCUT2D eigenvalue weighted by molar-refractivity contribution is 0.629. The first kappa shape index (κ1) is 25.5. The molecule has 0 aliphatic heterocycles. The minimum Gasteiger partial charge on any atom is -0.283 e. The molecule has 0 amide bonds. The summed E-state index contributed by atoms with van der Waals surface area (Å²) in [5.74, 6) is -0.360. The quantitative estimate of drug-likeness (QED) is 0.219. The predicted molar refractivity (Wildman–Crippen MR) is 160 cm³/mol. The molecule has 4 aromatic carbocycles. The third-order valence-corrected chi connectivity index (χ3v) is 7.80. The van der Waals surface area contributed by atoms with Crippen molar-refractivity contribution in [1.29, 1.82) is 0 Å². The van der Waals surface area contributed by atoms with Gasteiger partial charge in [0.25, 0.3) is 5.56 Å². The Kier molecular flexibility index (Phi) is 6.61. The number of thiazole rings is 1. The number of hydrogen-bond acceptors (Lipinski definition) is 4. The molecule has 0 radical (unpaired) electrons. The van der Waals surface area contributed by atoms with Crippen LogP contribution in [0.2, 0.25) is 0 Å². The molecule has 0 spiro atoms. The Morgan fingerprint density at radius 3 is 2.35 bits per heavy atom. The summed E-state index contributed by atoms with van der Waals surface area (Å²) in [6.07, 6.45) is 0. The van der Waals surface area contributed by atoms with E-state index in [2.05, 4.69) is 24.3 Å². The van der Waals surface area contributed by atoms with E-state index in [1.807, 2.05) is 74.8 Å². The van der Waals surface area contributed by atoms with Crippen molar-refractivity contribution in [1.82, 2.24) is 14.0 Å². The summed E-state index contributed by atoms with van der Waals surface area (Å²) in [5.41, 5.74) is 4.14. The van der Waals surface area contributed by atoms with Crippen molar-refractivity contribution in [2.75, 3.05) is 0 Å². The van der Waals surface area contributed by atoms with Crippen LogP contribution in [0.5, 0.6) is 0 Å². The maximum Gasteiger partial charge on any atom is 0.297 e. The van der Waals surface area contributed by atoms with E-state index in [1.165, 1.54) is 17.4 Å². The molecular weight excluding hydrogens is 521 g/mol. The fourth-order valence-electron chi connectivity index (χ4n) is 4.73. The van der Waals surface area contributed by atoms with Gasteiger partial charge >= 0.3 is 0 Å². The molecule has 0 unspecified atom stereocenters. The largest absolute Gasteiger partial charge is 0.297 e. The molecule has 0 aliphatic rings. The lowest BCUT2D eigenvalue weighted by Crippen LogP contribution is -2.20. The van der Waals surface area contributed by atoms with Crippen LogP contribution >= 0.6 is 11.3 Å². The summed E-state index contributed by atoms with van der Waals surface area (Å²) in [7, 11) is 1.83. The highest BCUT2D eigenvalue weighted by atomic mass is 32.1. The number of para-hydroxylation sites is 1. The Morgan fingerprint density at radius 1 is 0.875 bits per heavy atom. The van der Waals surface area contributed by atoms with Crippen molar-refractivity contribution < 1.29 is 4.39 Å². The third-order valence-electron chi connectivity index (χ3n) is 6.98. The average molecular weight is 548 g/mol. The van der Waals surface area contributed by atoms with E-state index in [1.54, 1.807) is 32.2 Å². The fourth-order valence-corrected chi connectivity index (χ4v) is 5.56. The molecule has 0 saturated heterocycles. The zero-order chi connectivity index (χ0) is 27.8. The van der Waals surface area contributed by atoms with Crippen molar-refractivity contribution >= 4 is 33.5 Å². The van der Waals surface area contributed by atoms with Gasteiger partial charge in [-0.05, 0) is 60.5 Å². The van der Waals surface area contributed by atoms with Crippen LogP contribution < -0.4 is 10.4 Å². The third kappa shape index (κ3) is 4.52. The standard InChI is InChI=1S/C32H26FN5OS/c1-21(24-18-17-23-11-7-8-12-25(23)19-24)35-37-29(27-15-9-10-16-28(27)33)20-40-32(37)34-30-22(2)36(3)38(31(30)39)26-13-5-4-6-14-26/h4-20H,1-3H3. The minimum absolute atomic E-state index is 0.242. The van der Waals surface area contributed by atoms with Crippen LogP contribution in [-0.2, 0) is 7.05 Å². The SMILES string of the molecule is CC(=Nn1c(-c2ccccc2F)csc1=Nc1c(C)n(C)n(-c2ccccc2)c1=O)c1ccc2ccccc2c1. The van der Waals surface area contributed by atoms with E-state index in [-0.39, 0.29) is 11.4 Å². The zero-order valence-corrected chi connectivity index (χ0v) is 23.1. The molecule has 40 heavy (non-hydrogen) atoms. The van der Waals surface area contributed by atoms with E-state index < -0.39 is 0 Å². The number of aromatic nitrogens is 3. The smallest absolute Gasteiger partial charge is 0.283 e. The first-order valence-electron chi connectivity index (χ1n) is 12.8. The Balaban J connectivity index is 1.56. The second kappa shape index (κ2) is 10.4. The van der Waals surface area contributed by atoms with E-state index in [9.17, 15) is 9.18 Å². The lowest BCUT2D eigenvalue weighted by atomic mass is 10.0. The van der Waals surface area contributed by atoms with Gasteiger partial charge in [-0.2, -0.15) is 5.10 Å². The van der Waals surface area contributed by atoms with Crippen LogP contribution in [0.3, 0.4) is 0 Å². The molecule has 0 bridgehead atoms. The Labute approximate surface area is 234 Å². The van der Waals surface area contributed by atoms with Gasteiger partial charge in [0.05, 0.1) is 22.8 Å². The fraction of sp³-hybridized carbons (Fsp3) is 0.0938. The van der Waals surface area contributed by atoms with Gasteiger partial charge in [-0.1, -0.05) is 66.7 Å². The van der Waals surface area contributed by atoms with Gasteiger partial charge in [0, 0.05) is 18.0 Å². The minimum atomic E-state index is -0.360. The molecule has 8 heteroatoms. The second-order valence-electron chi connectivity index (χ2n) is 9.46. The summed E-state index contributed by atoms with van der Waals surface area (Å²) in [4.78, 5) is 18.9. The molecule has 0 aliphatic carbocycles. The first-order valence-corrected chi connectivity index (χ1v) is 13.7. The molecule has 2 aromatic heterocycles. The molecule has 0 fully saturated rings. The summed E-state index contributed by atoms with van der Waals surface area (Å²) in [5, 5.41) is 8.99. The van der Waals surface area contributed by atoms with Crippen molar-refractivity contribution in [3.63, 3.8) is 0 Å². The van der Waals surface area contributed by atoms with Crippen LogP contribution in [-0.4, -0.2) is 19.8 Å². The lowest BCUT2D eigenvalue weighted by Gasteiger charge is -2.08. The molecule has 2 heterocycles. The number of halogens is 1. The van der Waals surface area contributed by atoms with E-state index in [0.717, 1.165) is 27.7 Å². The first-order chi connectivity index (χ1) is 19.4. The number of fused-ring (bicyclic) bond motifs is 1. The molecular formula is C32H26FN5OS. The maximum atomic E-state index is 15.0. The zero-order valence-electron chi connectivity index (χ0n) is 22.2. The molecule has 6 rings (SSSR count). The number of benzene rings is 4. The highest BCUT2D eigenvalue weighted by Crippen LogP contribution is 2.25. The average Bonchev–Trinajstić information content (AvgIpc) is 3.46. The van der Waals surface area contributed by atoms with Crippen LogP contribution in [0.1, 0.15) is 18.2 Å². The molecule has 6 aromatic rings. The van der Waals surface area contributed by atoms with Crippen LogP contribution in [0.4, 0.5) is 10.1 Å². The van der Waals surface area contributed by atoms with Gasteiger partial charge in [-0.15, -0.1) is 11.3 Å². The van der Waals surface area contributed by atoms with Crippen molar-refractivity contribution in [3.8, 4) is 16.9 Å². The van der Waals surface area contributed by atoms with Crippen molar-refractivity contribution in [3.05, 3.63) is 135 Å². The van der Waals surface area contributed by atoms with E-state index >= 15 is 0 Å². The van der Waals surface area contributed by atoms with E-state index in [0.29, 0.717) is 27.4 Å². The summed E-state index contributed by atoms with van der Waals surface area (Å²) in [6.45, 7) is 3.78. The normalized spacial score (nSPS) is 12.4. The highest BCUT2D eigenvalue weighted by molar-refractivity contribution is 7.07. The van der Waals surface area contributed by atoms with Gasteiger partial charge < -0.3 is 0 Å². The van der Waals surface area contributed by atoms with Crippen LogP contribution in [0, 0.1) is 12.7 Å². The number of nitrogens with zero attached hydrogens (tertiary/aromatic N) is 5. The monoisotopic (exact) mass is 547 g/mol. The highest BCUT2D eigenvalue weighted by Gasteiger charge is 2.18. The number of rotatable bonds is 5. The van der Waals surface area contributed by atoms with Gasteiger partial charge in [-0.3, -0.25) is 9.48 Å². The maximum absolute atomic E-state index is 15.0. The Morgan fingerprint density at radius 2 is 1.57 bits per heavy atom. The van der Waals surface area contributed by atoms with Gasteiger partial charge in [-0.25, -0.2) is 18.7 Å². The molecule has 198 valence electrons. The second-order valence-corrected chi connectivity index (χ2v) is 10.3.